The summed E-state index contributed by atoms with van der Waals surface area (Å²) in [7, 11) is 0. The molecule has 0 spiro atoms. The third-order valence-corrected chi connectivity index (χ3v) is 1.18. The summed E-state index contributed by atoms with van der Waals surface area (Å²) in [6.45, 7) is 0. The molecule has 0 radical (unpaired) electrons. The van der Waals surface area contributed by atoms with Gasteiger partial charge in [-0.2, -0.15) is 0 Å². The zero-order chi connectivity index (χ0) is 9.84. The molecule has 0 amide bonds. The molecule has 0 N–H and O–H groups in total. The minimum Gasteiger partial charge on any atom is -0.410 e. The second-order valence-electron chi connectivity index (χ2n) is 1.95. The minimum atomic E-state index is -1.02. The zero-order valence-electron chi connectivity index (χ0n) is 6.14. The molecule has 1 rings (SSSR count). The van der Waals surface area contributed by atoms with Gasteiger partial charge in [0, 0.05) is 17.7 Å². The van der Waals surface area contributed by atoms with Crippen LogP contribution in [-0.4, -0.2) is 15.3 Å². The van der Waals surface area contributed by atoms with Gasteiger partial charge in [-0.15, -0.1) is 0 Å². The van der Waals surface area contributed by atoms with E-state index in [0.29, 0.717) is 0 Å². The fraction of sp³-hybridized carbons (Fsp3) is 0. The van der Waals surface area contributed by atoms with E-state index in [1.807, 2.05) is 0 Å². The SMILES string of the molecule is O=C(Cl)Oc1ccc([N+](=O)[O-])nc1. The van der Waals surface area contributed by atoms with Gasteiger partial charge >= 0.3 is 11.2 Å². The van der Waals surface area contributed by atoms with Crippen LogP contribution in [0.1, 0.15) is 0 Å². The molecule has 0 bridgehead atoms. The Morgan fingerprint density at radius 2 is 2.31 bits per heavy atom. The molecule has 1 heterocycles. The second-order valence-corrected chi connectivity index (χ2v) is 2.26. The Morgan fingerprint density at radius 1 is 1.62 bits per heavy atom. The molecule has 1 aromatic rings. The average molecular weight is 203 g/mol. The Bertz CT molecular complexity index is 337. The lowest BCUT2D eigenvalue weighted by Gasteiger charge is -1.95. The standard InChI is InChI=1S/C6H3ClN2O4/c7-6(10)13-4-1-2-5(8-3-4)9(11)12/h1-3H. The Labute approximate surface area is 77.2 Å². The first-order valence-corrected chi connectivity index (χ1v) is 3.45. The van der Waals surface area contributed by atoms with Gasteiger partial charge in [0.15, 0.2) is 11.9 Å². The van der Waals surface area contributed by atoms with Gasteiger partial charge < -0.3 is 14.9 Å². The van der Waals surface area contributed by atoms with Crippen LogP contribution in [0.3, 0.4) is 0 Å². The van der Waals surface area contributed by atoms with Crippen LogP contribution in [0.4, 0.5) is 10.6 Å². The molecule has 0 aliphatic heterocycles. The van der Waals surface area contributed by atoms with Crippen LogP contribution in [0.15, 0.2) is 18.3 Å². The van der Waals surface area contributed by atoms with E-state index >= 15 is 0 Å². The fourth-order valence-electron chi connectivity index (χ4n) is 0.634. The maximum absolute atomic E-state index is 10.2. The number of hydrogen-bond donors (Lipinski definition) is 0. The van der Waals surface area contributed by atoms with Crippen molar-refractivity contribution in [3.63, 3.8) is 0 Å². The van der Waals surface area contributed by atoms with Crippen molar-refractivity contribution in [1.82, 2.24) is 4.98 Å². The van der Waals surface area contributed by atoms with Crippen LogP contribution in [0.2, 0.25) is 0 Å². The predicted molar refractivity (Wildman–Crippen MR) is 42.8 cm³/mol. The number of nitrogens with zero attached hydrogens (tertiary/aromatic N) is 2. The van der Waals surface area contributed by atoms with E-state index in [9.17, 15) is 14.9 Å². The van der Waals surface area contributed by atoms with Crippen molar-refractivity contribution in [3.05, 3.63) is 28.4 Å². The number of carbonyl (C=O) groups is 1. The molecule has 68 valence electrons. The average Bonchev–Trinajstić information content (AvgIpc) is 2.04. The quantitative estimate of drug-likeness (QED) is 0.414. The molecule has 6 nitrogen and oxygen atoms in total. The maximum atomic E-state index is 10.2. The van der Waals surface area contributed by atoms with E-state index in [0.717, 1.165) is 12.3 Å². The van der Waals surface area contributed by atoms with E-state index in [1.54, 1.807) is 0 Å². The number of halogens is 1. The summed E-state index contributed by atoms with van der Waals surface area (Å²) in [4.78, 5) is 23.1. The van der Waals surface area contributed by atoms with E-state index in [-0.39, 0.29) is 11.6 Å². The van der Waals surface area contributed by atoms with Gasteiger partial charge in [-0.1, -0.05) is 0 Å². The second kappa shape index (κ2) is 3.81. The molecule has 0 saturated carbocycles. The third-order valence-electron chi connectivity index (χ3n) is 1.11. The molecule has 0 aliphatic carbocycles. The lowest BCUT2D eigenvalue weighted by Crippen LogP contribution is -1.97. The molecule has 0 unspecified atom stereocenters. The lowest BCUT2D eigenvalue weighted by molar-refractivity contribution is -0.389. The Kier molecular flexibility index (Phi) is 2.76. The summed E-state index contributed by atoms with van der Waals surface area (Å²) in [6, 6.07) is 2.33. The van der Waals surface area contributed by atoms with Crippen LogP contribution in [0, 0.1) is 10.1 Å². The first kappa shape index (κ1) is 9.40. The van der Waals surface area contributed by atoms with Gasteiger partial charge in [0.2, 0.25) is 0 Å². The molecule has 7 heteroatoms. The first-order valence-electron chi connectivity index (χ1n) is 3.07. The largest absolute Gasteiger partial charge is 0.410 e. The zero-order valence-corrected chi connectivity index (χ0v) is 6.89. The highest BCUT2D eigenvalue weighted by Crippen LogP contribution is 2.14. The highest BCUT2D eigenvalue weighted by molar-refractivity contribution is 6.61. The highest BCUT2D eigenvalue weighted by atomic mass is 35.5. The monoisotopic (exact) mass is 202 g/mol. The number of pyridine rings is 1. The Hall–Kier alpha value is -1.69. The number of hydrogen-bond acceptors (Lipinski definition) is 5. The summed E-state index contributed by atoms with van der Waals surface area (Å²) < 4.78 is 4.39. The van der Waals surface area contributed by atoms with Crippen molar-refractivity contribution in [3.8, 4) is 5.75 Å². The van der Waals surface area contributed by atoms with E-state index in [2.05, 4.69) is 9.72 Å². The first-order chi connectivity index (χ1) is 6.09. The summed E-state index contributed by atoms with van der Waals surface area (Å²) >= 11 is 4.89. The van der Waals surface area contributed by atoms with E-state index in [4.69, 9.17) is 11.6 Å². The lowest BCUT2D eigenvalue weighted by atomic mass is 10.4. The van der Waals surface area contributed by atoms with Crippen molar-refractivity contribution < 1.29 is 14.5 Å². The third kappa shape index (κ3) is 2.68. The van der Waals surface area contributed by atoms with E-state index < -0.39 is 10.4 Å². The molecule has 1 aromatic heterocycles. The molecule has 0 aliphatic rings. The van der Waals surface area contributed by atoms with Gasteiger partial charge in [-0.05, 0) is 16.0 Å². The van der Waals surface area contributed by atoms with Crippen LogP contribution in [0.25, 0.3) is 0 Å². The van der Waals surface area contributed by atoms with Crippen LogP contribution in [-0.2, 0) is 0 Å². The number of nitro groups is 1. The topological polar surface area (TPSA) is 82.3 Å². The highest BCUT2D eigenvalue weighted by Gasteiger charge is 2.08. The molecule has 13 heavy (non-hydrogen) atoms. The van der Waals surface area contributed by atoms with Crippen LogP contribution < -0.4 is 4.74 Å². The smallest absolute Gasteiger partial charge is 0.409 e. The normalized spacial score (nSPS) is 9.31. The van der Waals surface area contributed by atoms with E-state index in [1.165, 1.54) is 6.07 Å². The number of aromatic nitrogens is 1. The van der Waals surface area contributed by atoms with Crippen molar-refractivity contribution >= 4 is 22.8 Å². The van der Waals surface area contributed by atoms with Gasteiger partial charge in [-0.25, -0.2) is 4.79 Å². The Balaban J connectivity index is 2.81. The minimum absolute atomic E-state index is 0.0607. The summed E-state index contributed by atoms with van der Waals surface area (Å²) in [5.41, 5.74) is -1.02. The maximum Gasteiger partial charge on any atom is 0.409 e. The van der Waals surface area contributed by atoms with Crippen LogP contribution >= 0.6 is 11.6 Å². The number of ether oxygens (including phenoxy) is 1. The van der Waals surface area contributed by atoms with Crippen molar-refractivity contribution in [2.24, 2.45) is 0 Å². The van der Waals surface area contributed by atoms with Crippen molar-refractivity contribution in [2.45, 2.75) is 0 Å². The molecule has 0 saturated heterocycles. The summed E-state index contributed by atoms with van der Waals surface area (Å²) in [5.74, 6) is -0.264. The van der Waals surface area contributed by atoms with Crippen molar-refractivity contribution in [2.75, 3.05) is 0 Å². The fourth-order valence-corrected chi connectivity index (χ4v) is 0.723. The van der Waals surface area contributed by atoms with Gasteiger partial charge in [0.25, 0.3) is 0 Å². The molecule has 0 aromatic carbocycles. The van der Waals surface area contributed by atoms with Crippen molar-refractivity contribution in [1.29, 1.82) is 0 Å². The summed E-state index contributed by atoms with van der Waals surface area (Å²) in [6.07, 6.45) is 1.04. The Morgan fingerprint density at radius 3 is 2.69 bits per heavy atom. The predicted octanol–water partition coefficient (Wildman–Crippen LogP) is 1.73. The molecule has 0 atom stereocenters. The van der Waals surface area contributed by atoms with Gasteiger partial charge in [0.05, 0.1) is 0 Å². The molecular formula is C6H3ClN2O4. The van der Waals surface area contributed by atoms with Crippen LogP contribution in [0.5, 0.6) is 5.75 Å². The van der Waals surface area contributed by atoms with Gasteiger partial charge in [0.1, 0.15) is 0 Å². The summed E-state index contributed by atoms with van der Waals surface area (Å²) in [5, 5.41) is 10.1. The van der Waals surface area contributed by atoms with Gasteiger partial charge in [-0.3, -0.25) is 0 Å². The number of carbonyl (C=O) groups excluding carboxylic acids is 1. The number of rotatable bonds is 2. The molecule has 0 fully saturated rings. The molecular weight excluding hydrogens is 200 g/mol.